The van der Waals surface area contributed by atoms with Crippen LogP contribution in [0.5, 0.6) is 0 Å². The number of aromatic nitrogens is 2. The van der Waals surface area contributed by atoms with Gasteiger partial charge in [0.1, 0.15) is 5.02 Å². The summed E-state index contributed by atoms with van der Waals surface area (Å²) in [6.45, 7) is 8.64. The number of hydrogen-bond donors (Lipinski definition) is 1. The summed E-state index contributed by atoms with van der Waals surface area (Å²) in [5.41, 5.74) is 0.599. The third kappa shape index (κ3) is 2.93. The molecule has 1 aromatic rings. The molecule has 7 heteroatoms. The normalized spacial score (nSPS) is 20.6. The molecule has 0 aromatic carbocycles. The predicted octanol–water partition coefficient (Wildman–Crippen LogP) is 0.401. The Balaban J connectivity index is 1.70. The Hall–Kier alpha value is -1.11. The summed E-state index contributed by atoms with van der Waals surface area (Å²) in [7, 11) is 0. The van der Waals surface area contributed by atoms with Crippen LogP contribution < -0.4 is 15.8 Å². The van der Waals surface area contributed by atoms with Gasteiger partial charge in [-0.1, -0.05) is 18.5 Å². The van der Waals surface area contributed by atoms with Crippen molar-refractivity contribution in [2.75, 3.05) is 44.2 Å². The molecule has 1 aromatic heterocycles. The van der Waals surface area contributed by atoms with E-state index in [2.05, 4.69) is 20.2 Å². The molecule has 21 heavy (non-hydrogen) atoms. The van der Waals surface area contributed by atoms with Crippen LogP contribution in [0.4, 0.5) is 5.69 Å². The zero-order chi connectivity index (χ0) is 14.8. The maximum absolute atomic E-state index is 12.2. The van der Waals surface area contributed by atoms with Gasteiger partial charge in [0.25, 0.3) is 5.56 Å². The van der Waals surface area contributed by atoms with Crippen LogP contribution in [0, 0.1) is 0 Å². The minimum Gasteiger partial charge on any atom is -0.366 e. The van der Waals surface area contributed by atoms with E-state index in [0.29, 0.717) is 17.6 Å². The average Bonchev–Trinajstić information content (AvgIpc) is 2.44. The second-order valence-corrected chi connectivity index (χ2v) is 6.09. The quantitative estimate of drug-likeness (QED) is 0.872. The number of anilines is 1. The SMILES string of the molecule is CCCn1ncc(N2CCN(C3CNC3)CC2)c(Cl)c1=O. The molecule has 2 aliphatic rings. The van der Waals surface area contributed by atoms with Crippen molar-refractivity contribution in [1.82, 2.24) is 20.0 Å². The van der Waals surface area contributed by atoms with Crippen molar-refractivity contribution in [3.8, 4) is 0 Å². The van der Waals surface area contributed by atoms with Gasteiger partial charge >= 0.3 is 0 Å². The van der Waals surface area contributed by atoms with Crippen LogP contribution in [-0.4, -0.2) is 60.0 Å². The van der Waals surface area contributed by atoms with Crippen molar-refractivity contribution < 1.29 is 0 Å². The van der Waals surface area contributed by atoms with Crippen molar-refractivity contribution in [3.63, 3.8) is 0 Å². The summed E-state index contributed by atoms with van der Waals surface area (Å²) < 4.78 is 1.45. The van der Waals surface area contributed by atoms with Crippen molar-refractivity contribution in [1.29, 1.82) is 0 Å². The summed E-state index contributed by atoms with van der Waals surface area (Å²) >= 11 is 6.27. The van der Waals surface area contributed by atoms with Gasteiger partial charge < -0.3 is 10.2 Å². The first-order chi connectivity index (χ1) is 10.2. The molecule has 0 amide bonds. The van der Waals surface area contributed by atoms with E-state index in [9.17, 15) is 4.79 Å². The third-order valence-electron chi connectivity index (χ3n) is 4.33. The monoisotopic (exact) mass is 311 g/mol. The molecular weight excluding hydrogens is 290 g/mol. The van der Waals surface area contributed by atoms with Gasteiger partial charge in [0.2, 0.25) is 0 Å². The fraction of sp³-hybridized carbons (Fsp3) is 0.714. The zero-order valence-electron chi connectivity index (χ0n) is 12.4. The highest BCUT2D eigenvalue weighted by Gasteiger charge is 2.28. The van der Waals surface area contributed by atoms with Crippen LogP contribution >= 0.6 is 11.6 Å². The molecular formula is C14H22ClN5O. The van der Waals surface area contributed by atoms with E-state index in [-0.39, 0.29) is 5.56 Å². The minimum absolute atomic E-state index is 0.179. The van der Waals surface area contributed by atoms with Gasteiger partial charge in [-0.3, -0.25) is 9.69 Å². The number of nitrogens with one attached hydrogen (secondary N) is 1. The first-order valence-electron chi connectivity index (χ1n) is 7.66. The Morgan fingerprint density at radius 2 is 2.05 bits per heavy atom. The van der Waals surface area contributed by atoms with Gasteiger partial charge in [0.15, 0.2) is 0 Å². The molecule has 0 spiro atoms. The Bertz CT molecular complexity index is 549. The highest BCUT2D eigenvalue weighted by molar-refractivity contribution is 6.33. The maximum Gasteiger partial charge on any atom is 0.287 e. The summed E-state index contributed by atoms with van der Waals surface area (Å²) in [6, 6.07) is 0.679. The zero-order valence-corrected chi connectivity index (χ0v) is 13.1. The van der Waals surface area contributed by atoms with E-state index in [0.717, 1.165) is 51.4 Å². The highest BCUT2D eigenvalue weighted by Crippen LogP contribution is 2.23. The van der Waals surface area contributed by atoms with Gasteiger partial charge in [-0.15, -0.1) is 0 Å². The number of hydrogen-bond acceptors (Lipinski definition) is 5. The van der Waals surface area contributed by atoms with E-state index in [1.165, 1.54) is 4.68 Å². The maximum atomic E-state index is 12.2. The van der Waals surface area contributed by atoms with E-state index in [1.807, 2.05) is 6.92 Å². The molecule has 0 radical (unpaired) electrons. The largest absolute Gasteiger partial charge is 0.366 e. The lowest BCUT2D eigenvalue weighted by molar-refractivity contribution is 0.138. The average molecular weight is 312 g/mol. The Labute approximate surface area is 129 Å². The molecule has 1 N–H and O–H groups in total. The summed E-state index contributed by atoms with van der Waals surface area (Å²) in [4.78, 5) is 16.9. The van der Waals surface area contributed by atoms with Crippen molar-refractivity contribution in [3.05, 3.63) is 21.6 Å². The van der Waals surface area contributed by atoms with Gasteiger partial charge in [0.05, 0.1) is 11.9 Å². The van der Waals surface area contributed by atoms with Crippen molar-refractivity contribution in [2.45, 2.75) is 25.9 Å². The lowest BCUT2D eigenvalue weighted by atomic mass is 10.1. The van der Waals surface area contributed by atoms with Gasteiger partial charge in [-0.05, 0) is 6.42 Å². The van der Waals surface area contributed by atoms with E-state index in [1.54, 1.807) is 6.20 Å². The highest BCUT2D eigenvalue weighted by atomic mass is 35.5. The molecule has 0 unspecified atom stereocenters. The number of aryl methyl sites for hydroxylation is 1. The fourth-order valence-electron chi connectivity index (χ4n) is 2.91. The van der Waals surface area contributed by atoms with Crippen molar-refractivity contribution >= 4 is 17.3 Å². The lowest BCUT2D eigenvalue weighted by Crippen LogP contribution is -2.61. The molecule has 2 fully saturated rings. The van der Waals surface area contributed by atoms with E-state index >= 15 is 0 Å². The first kappa shape index (κ1) is 14.8. The Kier molecular flexibility index (Phi) is 4.47. The second kappa shape index (κ2) is 6.34. The van der Waals surface area contributed by atoms with Crippen LogP contribution in [-0.2, 0) is 6.54 Å². The Morgan fingerprint density at radius 1 is 1.33 bits per heavy atom. The molecule has 2 saturated heterocycles. The van der Waals surface area contributed by atoms with Crippen LogP contribution in [0.15, 0.2) is 11.0 Å². The molecule has 2 aliphatic heterocycles. The van der Waals surface area contributed by atoms with E-state index < -0.39 is 0 Å². The van der Waals surface area contributed by atoms with Crippen LogP contribution in [0.2, 0.25) is 5.02 Å². The molecule has 0 bridgehead atoms. The number of piperazine rings is 1. The van der Waals surface area contributed by atoms with Crippen molar-refractivity contribution in [2.24, 2.45) is 0 Å². The lowest BCUT2D eigenvalue weighted by Gasteiger charge is -2.43. The number of halogens is 1. The summed E-state index contributed by atoms with van der Waals surface area (Å²) in [5, 5.41) is 7.85. The molecule has 3 rings (SSSR count). The summed E-state index contributed by atoms with van der Waals surface area (Å²) in [6.07, 6.45) is 2.61. The van der Waals surface area contributed by atoms with Crippen LogP contribution in [0.1, 0.15) is 13.3 Å². The number of nitrogens with zero attached hydrogens (tertiary/aromatic N) is 4. The standard InChI is InChI=1S/C14H22ClN5O/c1-2-3-20-14(21)13(15)12(10-17-20)19-6-4-18(5-7-19)11-8-16-9-11/h10-11,16H,2-9H2,1H3. The van der Waals surface area contributed by atoms with Gasteiger partial charge in [-0.25, -0.2) is 4.68 Å². The third-order valence-corrected chi connectivity index (χ3v) is 4.69. The first-order valence-corrected chi connectivity index (χ1v) is 8.04. The minimum atomic E-state index is -0.179. The molecule has 0 atom stereocenters. The number of rotatable bonds is 4. The summed E-state index contributed by atoms with van der Waals surface area (Å²) in [5.74, 6) is 0. The molecule has 3 heterocycles. The molecule has 6 nitrogen and oxygen atoms in total. The van der Waals surface area contributed by atoms with Crippen LogP contribution in [0.3, 0.4) is 0 Å². The fourth-order valence-corrected chi connectivity index (χ4v) is 3.17. The van der Waals surface area contributed by atoms with Gasteiger partial charge in [-0.2, -0.15) is 5.10 Å². The Morgan fingerprint density at radius 3 is 2.62 bits per heavy atom. The molecule has 0 saturated carbocycles. The predicted molar refractivity (Wildman–Crippen MR) is 84.2 cm³/mol. The molecule has 116 valence electrons. The van der Waals surface area contributed by atoms with Crippen LogP contribution in [0.25, 0.3) is 0 Å². The smallest absolute Gasteiger partial charge is 0.287 e. The molecule has 0 aliphatic carbocycles. The second-order valence-electron chi connectivity index (χ2n) is 5.71. The van der Waals surface area contributed by atoms with Gasteiger partial charge in [0, 0.05) is 51.9 Å². The van der Waals surface area contributed by atoms with E-state index in [4.69, 9.17) is 11.6 Å². The topological polar surface area (TPSA) is 53.4 Å².